The number of amides is 2. The van der Waals surface area contributed by atoms with Crippen molar-refractivity contribution in [2.24, 2.45) is 0 Å². The van der Waals surface area contributed by atoms with Crippen molar-refractivity contribution >= 4 is 29.0 Å². The molecule has 13 heteroatoms. The normalized spacial score (nSPS) is 10.6. The van der Waals surface area contributed by atoms with Crippen molar-refractivity contribution < 1.29 is 19.0 Å². The molecule has 0 bridgehead atoms. The van der Waals surface area contributed by atoms with E-state index in [9.17, 15) is 19.7 Å². The van der Waals surface area contributed by atoms with Gasteiger partial charge in [-0.3, -0.25) is 9.59 Å². The fourth-order valence-electron chi connectivity index (χ4n) is 2.21. The average molecular weight is 405 g/mol. The van der Waals surface area contributed by atoms with Crippen LogP contribution in [-0.2, 0) is 6.54 Å². The molecule has 3 heterocycles. The van der Waals surface area contributed by atoms with E-state index in [0.717, 1.165) is 0 Å². The van der Waals surface area contributed by atoms with Gasteiger partial charge in [0, 0.05) is 13.1 Å². The summed E-state index contributed by atoms with van der Waals surface area (Å²) in [6, 6.07) is 4.80. The number of nitro groups is 1. The highest BCUT2D eigenvalue weighted by Gasteiger charge is 2.19. The third-order valence-electron chi connectivity index (χ3n) is 3.55. The lowest BCUT2D eigenvalue weighted by atomic mass is 10.4. The number of carbonyl (C=O) groups excluding carboxylic acids is 2. The Morgan fingerprint density at radius 3 is 2.71 bits per heavy atom. The van der Waals surface area contributed by atoms with E-state index in [0.29, 0.717) is 10.6 Å². The molecule has 2 amide bonds. The van der Waals surface area contributed by atoms with Crippen LogP contribution in [0, 0.1) is 17.0 Å². The van der Waals surface area contributed by atoms with Gasteiger partial charge >= 0.3 is 17.6 Å². The van der Waals surface area contributed by atoms with E-state index in [-0.39, 0.29) is 43.1 Å². The molecular formula is C15H15N7O5S. The second-order valence-corrected chi connectivity index (χ2v) is 6.51. The molecule has 3 aromatic rings. The molecule has 146 valence electrons. The molecule has 28 heavy (non-hydrogen) atoms. The van der Waals surface area contributed by atoms with Crippen LogP contribution in [0.15, 0.2) is 28.1 Å². The van der Waals surface area contributed by atoms with Crippen molar-refractivity contribution in [1.29, 1.82) is 0 Å². The summed E-state index contributed by atoms with van der Waals surface area (Å²) in [5, 5.41) is 25.3. The predicted octanol–water partition coefficient (Wildman–Crippen LogP) is 0.752. The fraction of sp³-hybridized carbons (Fsp3) is 0.267. The molecular weight excluding hydrogens is 390 g/mol. The Kier molecular flexibility index (Phi) is 5.74. The molecule has 2 N–H and O–H groups in total. The number of hydrogen-bond acceptors (Lipinski definition) is 9. The molecule has 0 spiro atoms. The summed E-state index contributed by atoms with van der Waals surface area (Å²) in [6.45, 7) is 2.09. The van der Waals surface area contributed by atoms with Gasteiger partial charge in [-0.05, 0) is 23.3 Å². The number of carbonyl (C=O) groups is 2. The molecule has 0 aliphatic carbocycles. The van der Waals surface area contributed by atoms with Crippen LogP contribution in [0.2, 0.25) is 0 Å². The largest absolute Gasteiger partial charge is 0.390 e. The average Bonchev–Trinajstić information content (AvgIpc) is 3.40. The summed E-state index contributed by atoms with van der Waals surface area (Å²) in [7, 11) is 0. The van der Waals surface area contributed by atoms with Gasteiger partial charge in [-0.1, -0.05) is 11.2 Å². The van der Waals surface area contributed by atoms with Gasteiger partial charge in [0.1, 0.15) is 6.54 Å². The highest BCUT2D eigenvalue weighted by molar-refractivity contribution is 7.12. The van der Waals surface area contributed by atoms with E-state index in [1.807, 2.05) is 0 Å². The molecule has 0 aromatic carbocycles. The molecule has 3 aromatic heterocycles. The number of rotatable bonds is 8. The Morgan fingerprint density at radius 2 is 2.07 bits per heavy atom. The Hall–Kier alpha value is -3.61. The first-order chi connectivity index (χ1) is 13.4. The van der Waals surface area contributed by atoms with Gasteiger partial charge in [-0.15, -0.1) is 11.3 Å². The zero-order chi connectivity index (χ0) is 20.1. The van der Waals surface area contributed by atoms with Crippen LogP contribution in [0.3, 0.4) is 0 Å². The molecule has 0 saturated heterocycles. The van der Waals surface area contributed by atoms with Crippen molar-refractivity contribution in [3.8, 4) is 0 Å². The summed E-state index contributed by atoms with van der Waals surface area (Å²) in [5.74, 6) is -1.19. The first kappa shape index (κ1) is 19.2. The van der Waals surface area contributed by atoms with Crippen molar-refractivity contribution in [2.75, 3.05) is 13.1 Å². The number of thiophene rings is 1. The van der Waals surface area contributed by atoms with Crippen LogP contribution in [0.1, 0.15) is 31.9 Å². The molecule has 3 rings (SSSR count). The lowest BCUT2D eigenvalue weighted by Gasteiger charge is -2.04. The Labute approximate surface area is 161 Å². The zero-order valence-electron chi connectivity index (χ0n) is 14.6. The lowest BCUT2D eigenvalue weighted by molar-refractivity contribution is -0.389. The van der Waals surface area contributed by atoms with Crippen LogP contribution in [0.25, 0.3) is 0 Å². The first-order valence-electron chi connectivity index (χ1n) is 8.05. The van der Waals surface area contributed by atoms with Gasteiger partial charge in [0.2, 0.25) is 0 Å². The van der Waals surface area contributed by atoms with Gasteiger partial charge in [-0.2, -0.15) is 9.67 Å². The lowest BCUT2D eigenvalue weighted by Crippen LogP contribution is -2.34. The highest BCUT2D eigenvalue weighted by Crippen LogP contribution is 2.12. The maximum Gasteiger partial charge on any atom is 0.390 e. The summed E-state index contributed by atoms with van der Waals surface area (Å²) in [4.78, 5) is 38.5. The first-order valence-corrected chi connectivity index (χ1v) is 8.93. The van der Waals surface area contributed by atoms with Crippen molar-refractivity contribution in [1.82, 2.24) is 30.6 Å². The predicted molar refractivity (Wildman–Crippen MR) is 96.0 cm³/mol. The van der Waals surface area contributed by atoms with Gasteiger partial charge in [0.15, 0.2) is 5.82 Å². The van der Waals surface area contributed by atoms with Crippen molar-refractivity contribution in [3.05, 3.63) is 56.0 Å². The standard InChI is InChI=1S/C15H15N7O5S/c1-9-7-12(22(25)26)19-21(9)8-11-18-15(27-20-11)14(24)17-5-4-16-13(23)10-3-2-6-28-10/h2-3,6-7H,4-5,8H2,1H3,(H,16,23)(H,17,24). The van der Waals surface area contributed by atoms with E-state index >= 15 is 0 Å². The van der Waals surface area contributed by atoms with Gasteiger partial charge in [-0.25, -0.2) is 0 Å². The number of hydrogen-bond donors (Lipinski definition) is 2. The molecule has 0 atom stereocenters. The number of nitrogens with zero attached hydrogens (tertiary/aromatic N) is 5. The number of aryl methyl sites for hydroxylation is 1. The topological polar surface area (TPSA) is 158 Å². The maximum atomic E-state index is 12.0. The van der Waals surface area contributed by atoms with Gasteiger partial charge in [0.05, 0.1) is 21.7 Å². The Morgan fingerprint density at radius 1 is 1.32 bits per heavy atom. The number of aromatic nitrogens is 4. The Balaban J connectivity index is 1.48. The van der Waals surface area contributed by atoms with E-state index in [4.69, 9.17) is 4.52 Å². The van der Waals surface area contributed by atoms with Gasteiger partial charge < -0.3 is 25.3 Å². The summed E-state index contributed by atoms with van der Waals surface area (Å²) in [6.07, 6.45) is 0. The van der Waals surface area contributed by atoms with Crippen LogP contribution in [-0.4, -0.2) is 49.7 Å². The molecule has 0 aliphatic heterocycles. The maximum absolute atomic E-state index is 12.0. The summed E-state index contributed by atoms with van der Waals surface area (Å²) in [5.41, 5.74) is 0.545. The molecule has 0 aliphatic rings. The SMILES string of the molecule is Cc1cc([N+](=O)[O-])nn1Cc1noc(C(=O)NCCNC(=O)c2cccs2)n1. The fourth-order valence-corrected chi connectivity index (χ4v) is 2.85. The second kappa shape index (κ2) is 8.39. The second-order valence-electron chi connectivity index (χ2n) is 5.56. The minimum absolute atomic E-state index is 0.0212. The minimum atomic E-state index is -0.601. The third-order valence-corrected chi connectivity index (χ3v) is 4.42. The summed E-state index contributed by atoms with van der Waals surface area (Å²) < 4.78 is 6.23. The van der Waals surface area contributed by atoms with E-state index in [2.05, 4.69) is 25.9 Å². The van der Waals surface area contributed by atoms with Crippen LogP contribution in [0.5, 0.6) is 0 Å². The molecule has 0 unspecified atom stereocenters. The molecule has 0 saturated carbocycles. The zero-order valence-corrected chi connectivity index (χ0v) is 15.4. The van der Waals surface area contributed by atoms with Crippen molar-refractivity contribution in [3.63, 3.8) is 0 Å². The van der Waals surface area contributed by atoms with Crippen LogP contribution >= 0.6 is 11.3 Å². The molecule has 0 radical (unpaired) electrons. The van der Waals surface area contributed by atoms with E-state index < -0.39 is 10.8 Å². The summed E-state index contributed by atoms with van der Waals surface area (Å²) >= 11 is 1.32. The third kappa shape index (κ3) is 4.56. The van der Waals surface area contributed by atoms with E-state index in [1.54, 1.807) is 24.4 Å². The smallest absolute Gasteiger partial charge is 0.358 e. The van der Waals surface area contributed by atoms with Crippen LogP contribution in [0.4, 0.5) is 5.82 Å². The highest BCUT2D eigenvalue weighted by atomic mass is 32.1. The van der Waals surface area contributed by atoms with Crippen LogP contribution < -0.4 is 10.6 Å². The van der Waals surface area contributed by atoms with Gasteiger partial charge in [0.25, 0.3) is 5.91 Å². The quantitative estimate of drug-likeness (QED) is 0.316. The molecule has 12 nitrogen and oxygen atoms in total. The number of nitrogens with one attached hydrogen (secondary N) is 2. The van der Waals surface area contributed by atoms with E-state index in [1.165, 1.54) is 22.1 Å². The minimum Gasteiger partial charge on any atom is -0.358 e. The Bertz CT molecular complexity index is 995. The van der Waals surface area contributed by atoms with Crippen molar-refractivity contribution in [2.45, 2.75) is 13.5 Å². The molecule has 0 fully saturated rings. The monoisotopic (exact) mass is 405 g/mol.